The molecule has 53 heavy (non-hydrogen) atoms. The molecule has 0 radical (unpaired) electrons. The van der Waals surface area contributed by atoms with Crippen molar-refractivity contribution in [2.24, 2.45) is 0 Å². The molecule has 0 saturated carbocycles. The topological polar surface area (TPSA) is 0 Å². The molecule has 2 aromatic heterocycles. The van der Waals surface area contributed by atoms with E-state index in [4.69, 9.17) is 0 Å². The minimum Gasteiger partial charge on any atom is -0.135 e. The Morgan fingerprint density at radius 1 is 0.377 bits per heavy atom. The molecule has 11 aromatic rings. The lowest BCUT2D eigenvalue weighted by atomic mass is 9.80. The monoisotopic (exact) mass is 708 g/mol. The fraction of sp³-hybridized carbons (Fsp3) is 0.0588. The molecule has 0 aliphatic heterocycles. The van der Waals surface area contributed by atoms with Gasteiger partial charge in [0.2, 0.25) is 0 Å². The fourth-order valence-electron chi connectivity index (χ4n) is 9.62. The van der Waals surface area contributed by atoms with Gasteiger partial charge in [-0.05, 0) is 102 Å². The number of benzene rings is 9. The molecule has 12 rings (SSSR count). The third kappa shape index (κ3) is 4.00. The Labute approximate surface area is 315 Å². The maximum absolute atomic E-state index is 2.51. The number of thiophene rings is 2. The summed E-state index contributed by atoms with van der Waals surface area (Å²) in [5.74, 6) is 0. The highest BCUT2D eigenvalue weighted by atomic mass is 32.1. The lowest BCUT2D eigenvalue weighted by Gasteiger charge is -2.23. The Balaban J connectivity index is 1.21. The Hall–Kier alpha value is -5.80. The number of fused-ring (bicyclic) bond motifs is 13. The molecular formula is C51H32S2. The van der Waals surface area contributed by atoms with Crippen LogP contribution in [0.3, 0.4) is 0 Å². The maximum atomic E-state index is 2.51. The number of hydrogen-bond donors (Lipinski definition) is 0. The van der Waals surface area contributed by atoms with Crippen LogP contribution in [-0.2, 0) is 5.41 Å². The highest BCUT2D eigenvalue weighted by molar-refractivity contribution is 7.28. The van der Waals surface area contributed by atoms with Crippen LogP contribution in [0.5, 0.6) is 0 Å². The molecule has 1 aliphatic carbocycles. The van der Waals surface area contributed by atoms with Crippen LogP contribution in [0.4, 0.5) is 0 Å². The Morgan fingerprint density at radius 3 is 1.74 bits per heavy atom. The molecule has 2 heteroatoms. The molecule has 0 N–H and O–H groups in total. The van der Waals surface area contributed by atoms with Gasteiger partial charge in [-0.1, -0.05) is 141 Å². The van der Waals surface area contributed by atoms with Crippen molar-refractivity contribution in [3.05, 3.63) is 169 Å². The Morgan fingerprint density at radius 2 is 0.981 bits per heavy atom. The normalized spacial score (nSPS) is 13.6. The summed E-state index contributed by atoms with van der Waals surface area (Å²) in [6.45, 7) is 4.76. The van der Waals surface area contributed by atoms with Gasteiger partial charge in [-0.3, -0.25) is 0 Å². The zero-order chi connectivity index (χ0) is 35.0. The van der Waals surface area contributed by atoms with Gasteiger partial charge in [0.05, 0.1) is 0 Å². The Kier molecular flexibility index (Phi) is 5.97. The lowest BCUT2D eigenvalue weighted by molar-refractivity contribution is 0.660. The summed E-state index contributed by atoms with van der Waals surface area (Å²) in [6.07, 6.45) is 0. The van der Waals surface area contributed by atoms with Crippen molar-refractivity contribution in [3.63, 3.8) is 0 Å². The van der Waals surface area contributed by atoms with E-state index in [2.05, 4.69) is 172 Å². The van der Waals surface area contributed by atoms with E-state index in [-0.39, 0.29) is 5.41 Å². The van der Waals surface area contributed by atoms with Crippen LogP contribution in [0, 0.1) is 0 Å². The molecular weight excluding hydrogens is 677 g/mol. The van der Waals surface area contributed by atoms with E-state index >= 15 is 0 Å². The van der Waals surface area contributed by atoms with E-state index in [9.17, 15) is 0 Å². The van der Waals surface area contributed by atoms with Gasteiger partial charge in [0.25, 0.3) is 0 Å². The maximum Gasteiger partial charge on any atom is 0.0441 e. The van der Waals surface area contributed by atoms with Crippen molar-refractivity contribution in [2.75, 3.05) is 0 Å². The molecule has 1 aliphatic rings. The largest absolute Gasteiger partial charge is 0.135 e. The molecule has 0 unspecified atom stereocenters. The van der Waals surface area contributed by atoms with E-state index in [1.807, 2.05) is 22.7 Å². The van der Waals surface area contributed by atoms with E-state index in [1.54, 1.807) is 0 Å². The second-order valence-corrected chi connectivity index (χ2v) is 17.3. The second kappa shape index (κ2) is 10.6. The average molecular weight is 709 g/mol. The van der Waals surface area contributed by atoms with Gasteiger partial charge < -0.3 is 0 Å². The van der Waals surface area contributed by atoms with Crippen LogP contribution < -0.4 is 0 Å². The van der Waals surface area contributed by atoms with Gasteiger partial charge in [-0.2, -0.15) is 0 Å². The standard InChI is InChI=1S/C51H32S2/c1-51(2)41-21-11-9-15-32(41)33-24-23-31(26-42(33)51)46-34-16-5-7-18-36(34)47(37-19-8-6-17-35(37)46)40-28-45-48(38-20-10-12-22-43(38)52-45)49-39-25-29-13-3-4-14-30(29)27-44(39)53-50(40)49/h3-28H,1-2H3. The third-order valence-corrected chi connectivity index (χ3v) is 14.3. The van der Waals surface area contributed by atoms with Gasteiger partial charge >= 0.3 is 0 Å². The summed E-state index contributed by atoms with van der Waals surface area (Å²) in [4.78, 5) is 0. The molecule has 0 atom stereocenters. The van der Waals surface area contributed by atoms with Gasteiger partial charge in [-0.15, -0.1) is 22.7 Å². The van der Waals surface area contributed by atoms with E-state index in [1.165, 1.54) is 117 Å². The SMILES string of the molecule is CC1(C)c2ccccc2-c2ccc(-c3c4ccccc4c(-c4cc5sc6ccccc6c5c5c4sc4cc6ccccc6cc45)c4ccccc34)cc21. The second-order valence-electron chi connectivity index (χ2n) is 15.2. The van der Waals surface area contributed by atoms with Crippen LogP contribution in [0.1, 0.15) is 25.0 Å². The molecule has 248 valence electrons. The van der Waals surface area contributed by atoms with Gasteiger partial charge in [0.15, 0.2) is 0 Å². The molecule has 9 aromatic carbocycles. The van der Waals surface area contributed by atoms with Crippen LogP contribution >= 0.6 is 22.7 Å². The summed E-state index contributed by atoms with van der Waals surface area (Å²) in [5.41, 5.74) is 10.7. The smallest absolute Gasteiger partial charge is 0.0441 e. The summed E-state index contributed by atoms with van der Waals surface area (Å²) in [7, 11) is 0. The van der Waals surface area contributed by atoms with Gasteiger partial charge in [0.1, 0.15) is 0 Å². The minimum absolute atomic E-state index is 0.0648. The molecule has 0 saturated heterocycles. The molecule has 0 fully saturated rings. The third-order valence-electron chi connectivity index (χ3n) is 12.0. The van der Waals surface area contributed by atoms with Crippen LogP contribution in [0.25, 0.3) is 106 Å². The van der Waals surface area contributed by atoms with Crippen LogP contribution in [0.15, 0.2) is 158 Å². The van der Waals surface area contributed by atoms with Crippen molar-refractivity contribution in [1.82, 2.24) is 0 Å². The van der Waals surface area contributed by atoms with Crippen molar-refractivity contribution in [1.29, 1.82) is 0 Å². The first kappa shape index (κ1) is 29.7. The zero-order valence-corrected chi connectivity index (χ0v) is 31.0. The van der Waals surface area contributed by atoms with Crippen molar-refractivity contribution < 1.29 is 0 Å². The van der Waals surface area contributed by atoms with Crippen molar-refractivity contribution >= 4 is 95.3 Å². The van der Waals surface area contributed by atoms with Crippen LogP contribution in [0.2, 0.25) is 0 Å². The number of hydrogen-bond acceptors (Lipinski definition) is 2. The van der Waals surface area contributed by atoms with Crippen molar-refractivity contribution in [3.8, 4) is 33.4 Å². The lowest BCUT2D eigenvalue weighted by Crippen LogP contribution is -2.14. The van der Waals surface area contributed by atoms with E-state index in [0.717, 1.165) is 0 Å². The quantitative estimate of drug-likeness (QED) is 0.157. The first-order chi connectivity index (χ1) is 26.0. The first-order valence-corrected chi connectivity index (χ1v) is 20.1. The van der Waals surface area contributed by atoms with E-state index < -0.39 is 0 Å². The summed E-state index contributed by atoms with van der Waals surface area (Å²) < 4.78 is 5.40. The fourth-order valence-corrected chi connectivity index (χ4v) is 12.0. The predicted molar refractivity (Wildman–Crippen MR) is 233 cm³/mol. The van der Waals surface area contributed by atoms with Gasteiger partial charge in [-0.25, -0.2) is 0 Å². The van der Waals surface area contributed by atoms with E-state index in [0.29, 0.717) is 0 Å². The highest BCUT2D eigenvalue weighted by Crippen LogP contribution is 2.54. The first-order valence-electron chi connectivity index (χ1n) is 18.4. The Bertz CT molecular complexity index is 3310. The van der Waals surface area contributed by atoms with Gasteiger partial charge in [0, 0.05) is 51.3 Å². The summed E-state index contributed by atoms with van der Waals surface area (Å²) in [6, 6.07) is 59.6. The molecule has 0 bridgehead atoms. The van der Waals surface area contributed by atoms with Crippen LogP contribution in [-0.4, -0.2) is 0 Å². The molecule has 0 spiro atoms. The molecule has 2 heterocycles. The minimum atomic E-state index is -0.0648. The molecule has 0 amide bonds. The highest BCUT2D eigenvalue weighted by Gasteiger charge is 2.35. The van der Waals surface area contributed by atoms with Crippen molar-refractivity contribution in [2.45, 2.75) is 19.3 Å². The number of rotatable bonds is 2. The average Bonchev–Trinajstić information content (AvgIpc) is 3.83. The summed E-state index contributed by atoms with van der Waals surface area (Å²) in [5, 5.41) is 13.3. The zero-order valence-electron chi connectivity index (χ0n) is 29.3. The summed E-state index contributed by atoms with van der Waals surface area (Å²) >= 11 is 3.88. The molecule has 0 nitrogen and oxygen atoms in total. The predicted octanol–water partition coefficient (Wildman–Crippen LogP) is 15.5.